The number of isocyanates is 1. The lowest BCUT2D eigenvalue weighted by atomic mass is 9.92. The van der Waals surface area contributed by atoms with Gasteiger partial charge in [-0.1, -0.05) is 20.8 Å². The molecule has 32 heavy (non-hydrogen) atoms. The van der Waals surface area contributed by atoms with Crippen molar-refractivity contribution in [2.75, 3.05) is 13.6 Å². The summed E-state index contributed by atoms with van der Waals surface area (Å²) in [4.78, 5) is 16.8. The zero-order valence-corrected chi connectivity index (χ0v) is 20.5. The van der Waals surface area contributed by atoms with Crippen molar-refractivity contribution in [3.05, 3.63) is 40.8 Å². The summed E-state index contributed by atoms with van der Waals surface area (Å²) < 4.78 is 44.0. The number of aromatic nitrogens is 2. The fourth-order valence-electron chi connectivity index (χ4n) is 3.25. The van der Waals surface area contributed by atoms with Gasteiger partial charge in [0.1, 0.15) is 5.82 Å². The van der Waals surface area contributed by atoms with E-state index in [-0.39, 0.29) is 17.5 Å². The van der Waals surface area contributed by atoms with Crippen LogP contribution in [0.25, 0.3) is 0 Å². The number of aryl methyl sites for hydroxylation is 1. The Labute approximate surface area is 189 Å². The van der Waals surface area contributed by atoms with Gasteiger partial charge in [-0.05, 0) is 56.0 Å². The van der Waals surface area contributed by atoms with Crippen LogP contribution in [-0.4, -0.2) is 48.8 Å². The molecular formula is C22H32FN5O3S. The van der Waals surface area contributed by atoms with Crippen molar-refractivity contribution in [3.63, 3.8) is 0 Å². The van der Waals surface area contributed by atoms with E-state index in [9.17, 15) is 17.6 Å². The molecular weight excluding hydrogens is 433 g/mol. The van der Waals surface area contributed by atoms with Gasteiger partial charge in [-0.15, -0.1) is 0 Å². The zero-order chi connectivity index (χ0) is 24.2. The second-order valence-corrected chi connectivity index (χ2v) is 10.4. The van der Waals surface area contributed by atoms with Crippen molar-refractivity contribution in [3.8, 4) is 0 Å². The van der Waals surface area contributed by atoms with E-state index < -0.39 is 21.8 Å². The molecule has 0 aliphatic carbocycles. The molecule has 1 atom stereocenters. The first-order chi connectivity index (χ1) is 14.9. The SMILES string of the molecule is CC(C)c1cc(F)cc(C(C)CNS(=O)(=O)c2cc(CN(C)C(C)C)n(C)n2)c1N=C=O. The zero-order valence-electron chi connectivity index (χ0n) is 19.7. The third-order valence-electron chi connectivity index (χ3n) is 5.55. The smallest absolute Gasteiger partial charge is 0.259 e. The van der Waals surface area contributed by atoms with E-state index in [1.807, 2.05) is 20.9 Å². The van der Waals surface area contributed by atoms with Crippen molar-refractivity contribution in [1.82, 2.24) is 19.4 Å². The summed E-state index contributed by atoms with van der Waals surface area (Å²) in [5, 5.41) is 4.08. The van der Waals surface area contributed by atoms with Gasteiger partial charge in [-0.3, -0.25) is 9.58 Å². The van der Waals surface area contributed by atoms with E-state index in [1.165, 1.54) is 18.2 Å². The van der Waals surface area contributed by atoms with E-state index in [2.05, 4.69) is 33.6 Å². The first-order valence-electron chi connectivity index (χ1n) is 10.5. The van der Waals surface area contributed by atoms with E-state index >= 15 is 0 Å². The summed E-state index contributed by atoms with van der Waals surface area (Å²) >= 11 is 0. The number of hydrogen-bond acceptors (Lipinski definition) is 6. The highest BCUT2D eigenvalue weighted by atomic mass is 32.2. The van der Waals surface area contributed by atoms with Crippen LogP contribution in [0.3, 0.4) is 0 Å². The summed E-state index contributed by atoms with van der Waals surface area (Å²) in [5.74, 6) is -0.983. The molecule has 0 aliphatic rings. The summed E-state index contributed by atoms with van der Waals surface area (Å²) in [6.07, 6.45) is 1.52. The fraction of sp³-hybridized carbons (Fsp3) is 0.545. The number of halogens is 1. The van der Waals surface area contributed by atoms with Gasteiger partial charge in [0.05, 0.1) is 11.4 Å². The van der Waals surface area contributed by atoms with Crippen LogP contribution in [0, 0.1) is 5.82 Å². The molecule has 1 aromatic carbocycles. The van der Waals surface area contributed by atoms with E-state index in [0.717, 1.165) is 5.69 Å². The molecule has 1 aromatic heterocycles. The number of rotatable bonds is 10. The van der Waals surface area contributed by atoms with Crippen LogP contribution in [0.15, 0.2) is 28.2 Å². The molecule has 1 heterocycles. The monoisotopic (exact) mass is 465 g/mol. The quantitative estimate of drug-likeness (QED) is 0.427. The van der Waals surface area contributed by atoms with Crippen LogP contribution in [0.2, 0.25) is 0 Å². The number of hydrogen-bond donors (Lipinski definition) is 1. The van der Waals surface area contributed by atoms with Gasteiger partial charge in [0.25, 0.3) is 10.0 Å². The van der Waals surface area contributed by atoms with Crippen molar-refractivity contribution in [2.45, 2.75) is 64.1 Å². The standard InChI is InChI=1S/C22H32FN5O3S/c1-14(2)19-8-17(23)9-20(22(19)24-13-29)16(5)11-25-32(30,31)21-10-18(28(7)26-21)12-27(6)15(3)4/h8-10,14-16,25H,11-12H2,1-7H3. The Bertz CT molecular complexity index is 1110. The third kappa shape index (κ3) is 6.10. The third-order valence-corrected chi connectivity index (χ3v) is 6.84. The van der Waals surface area contributed by atoms with Crippen LogP contribution in [0.1, 0.15) is 63.3 Å². The fourth-order valence-corrected chi connectivity index (χ4v) is 4.38. The summed E-state index contributed by atoms with van der Waals surface area (Å²) in [6.45, 7) is 10.1. The van der Waals surface area contributed by atoms with Crippen LogP contribution >= 0.6 is 0 Å². The maximum atomic E-state index is 14.2. The van der Waals surface area contributed by atoms with Gasteiger partial charge < -0.3 is 0 Å². The van der Waals surface area contributed by atoms with Gasteiger partial charge in [0.15, 0.2) is 5.03 Å². The van der Waals surface area contributed by atoms with E-state index in [4.69, 9.17) is 0 Å². The molecule has 1 unspecified atom stereocenters. The molecule has 8 nitrogen and oxygen atoms in total. The molecule has 0 saturated carbocycles. The largest absolute Gasteiger partial charge is 0.298 e. The highest BCUT2D eigenvalue weighted by Crippen LogP contribution is 2.35. The number of nitrogens with zero attached hydrogens (tertiary/aromatic N) is 4. The number of carbonyl (C=O) groups excluding carboxylic acids is 1. The molecule has 0 fully saturated rings. The predicted octanol–water partition coefficient (Wildman–Crippen LogP) is 3.57. The van der Waals surface area contributed by atoms with Gasteiger partial charge in [0.2, 0.25) is 6.08 Å². The molecule has 1 N–H and O–H groups in total. The highest BCUT2D eigenvalue weighted by molar-refractivity contribution is 7.89. The Morgan fingerprint density at radius 2 is 1.81 bits per heavy atom. The lowest BCUT2D eigenvalue weighted by Gasteiger charge is -2.20. The molecule has 176 valence electrons. The summed E-state index contributed by atoms with van der Waals surface area (Å²) in [7, 11) is -0.228. The van der Waals surface area contributed by atoms with Crippen LogP contribution in [-0.2, 0) is 28.4 Å². The molecule has 0 aliphatic heterocycles. The minimum atomic E-state index is -3.88. The van der Waals surface area contributed by atoms with Crippen LogP contribution < -0.4 is 4.72 Å². The molecule has 0 bridgehead atoms. The Morgan fingerprint density at radius 3 is 2.38 bits per heavy atom. The molecule has 0 spiro atoms. The van der Waals surface area contributed by atoms with Crippen molar-refractivity contribution in [1.29, 1.82) is 0 Å². The maximum absolute atomic E-state index is 14.2. The minimum absolute atomic E-state index is 0.0114. The second-order valence-electron chi connectivity index (χ2n) is 8.65. The lowest BCUT2D eigenvalue weighted by molar-refractivity contribution is 0.259. The van der Waals surface area contributed by atoms with Crippen molar-refractivity contribution < 1.29 is 17.6 Å². The normalized spacial score (nSPS) is 13.1. The van der Waals surface area contributed by atoms with Crippen LogP contribution in [0.5, 0.6) is 0 Å². The van der Waals surface area contributed by atoms with Gasteiger partial charge in [-0.25, -0.2) is 22.3 Å². The Hall–Kier alpha value is -2.39. The average molecular weight is 466 g/mol. The number of benzene rings is 1. The molecule has 0 saturated heterocycles. The second kappa shape index (κ2) is 10.5. The van der Waals surface area contributed by atoms with Gasteiger partial charge in [-0.2, -0.15) is 10.1 Å². The predicted molar refractivity (Wildman–Crippen MR) is 122 cm³/mol. The number of nitrogens with one attached hydrogen (secondary N) is 1. The lowest BCUT2D eigenvalue weighted by Crippen LogP contribution is -2.28. The Balaban J connectivity index is 2.26. The minimum Gasteiger partial charge on any atom is -0.298 e. The average Bonchev–Trinajstić information content (AvgIpc) is 3.08. The van der Waals surface area contributed by atoms with Crippen molar-refractivity contribution in [2.24, 2.45) is 12.0 Å². The summed E-state index contributed by atoms with van der Waals surface area (Å²) in [6, 6.07) is 4.47. The molecule has 2 rings (SSSR count). The molecule has 0 amide bonds. The first-order valence-corrected chi connectivity index (χ1v) is 12.0. The number of sulfonamides is 1. The Kier molecular flexibility index (Phi) is 8.47. The van der Waals surface area contributed by atoms with Gasteiger partial charge >= 0.3 is 0 Å². The van der Waals surface area contributed by atoms with Crippen molar-refractivity contribution >= 4 is 21.8 Å². The van der Waals surface area contributed by atoms with Gasteiger partial charge in [0, 0.05) is 32.2 Å². The van der Waals surface area contributed by atoms with E-state index in [1.54, 1.807) is 24.7 Å². The maximum Gasteiger partial charge on any atom is 0.259 e. The van der Waals surface area contributed by atoms with E-state index in [0.29, 0.717) is 29.4 Å². The first kappa shape index (κ1) is 25.9. The molecule has 0 radical (unpaired) electrons. The highest BCUT2D eigenvalue weighted by Gasteiger charge is 2.23. The Morgan fingerprint density at radius 1 is 1.19 bits per heavy atom. The number of aliphatic imine (C=N–C) groups is 1. The summed E-state index contributed by atoms with van der Waals surface area (Å²) in [5.41, 5.74) is 2.12. The molecule has 2 aromatic rings. The molecule has 10 heteroatoms. The van der Waals surface area contributed by atoms with Crippen LogP contribution in [0.4, 0.5) is 10.1 Å². The topological polar surface area (TPSA) is 96.7 Å².